The number of benzene rings is 1. The number of halogens is 1. The van der Waals surface area contributed by atoms with Crippen molar-refractivity contribution in [3.8, 4) is 16.9 Å². The molecule has 0 saturated carbocycles. The Hall–Kier alpha value is -1.66. The van der Waals surface area contributed by atoms with Crippen LogP contribution in [0, 0.1) is 0 Å². The molecule has 0 amide bonds. The number of aromatic nitrogens is 2. The quantitative estimate of drug-likeness (QED) is 0.898. The normalized spacial score (nSPS) is 14.7. The molecular weight excluding hydrogens is 320 g/mol. The van der Waals surface area contributed by atoms with Crippen molar-refractivity contribution in [3.05, 3.63) is 35.1 Å². The SMILES string of the molecule is COc1ccc(-c2cnc(NC3CNC3)nc2)cc1Br. The largest absolute Gasteiger partial charge is 0.496 e. The lowest BCUT2D eigenvalue weighted by atomic mass is 10.1. The van der Waals surface area contributed by atoms with Gasteiger partial charge in [-0.05, 0) is 33.6 Å². The van der Waals surface area contributed by atoms with Crippen molar-refractivity contribution in [3.63, 3.8) is 0 Å². The summed E-state index contributed by atoms with van der Waals surface area (Å²) in [6.45, 7) is 1.94. The summed E-state index contributed by atoms with van der Waals surface area (Å²) in [6.07, 6.45) is 3.66. The number of ether oxygens (including phenoxy) is 1. The first kappa shape index (κ1) is 13.3. The minimum atomic E-state index is 0.441. The van der Waals surface area contributed by atoms with Gasteiger partial charge in [0.25, 0.3) is 0 Å². The second-order valence-corrected chi connectivity index (χ2v) is 5.50. The van der Waals surface area contributed by atoms with Crippen molar-refractivity contribution in [2.45, 2.75) is 6.04 Å². The number of methoxy groups -OCH3 is 1. The molecule has 2 heterocycles. The minimum Gasteiger partial charge on any atom is -0.496 e. The second kappa shape index (κ2) is 5.76. The zero-order valence-electron chi connectivity index (χ0n) is 11.1. The fourth-order valence-corrected chi connectivity index (χ4v) is 2.51. The first-order valence-corrected chi connectivity index (χ1v) is 7.19. The minimum absolute atomic E-state index is 0.441. The van der Waals surface area contributed by atoms with Crippen molar-refractivity contribution in [1.82, 2.24) is 15.3 Å². The maximum Gasteiger partial charge on any atom is 0.222 e. The van der Waals surface area contributed by atoms with E-state index in [0.29, 0.717) is 12.0 Å². The zero-order chi connectivity index (χ0) is 13.9. The number of hydrogen-bond acceptors (Lipinski definition) is 5. The highest BCUT2D eigenvalue weighted by Crippen LogP contribution is 2.30. The van der Waals surface area contributed by atoms with Crippen molar-refractivity contribution in [1.29, 1.82) is 0 Å². The lowest BCUT2D eigenvalue weighted by molar-refractivity contribution is 0.412. The second-order valence-electron chi connectivity index (χ2n) is 4.64. The van der Waals surface area contributed by atoms with Crippen LogP contribution in [0.2, 0.25) is 0 Å². The van der Waals surface area contributed by atoms with Crippen LogP contribution in [0.15, 0.2) is 35.1 Å². The van der Waals surface area contributed by atoms with Gasteiger partial charge in [-0.25, -0.2) is 9.97 Å². The van der Waals surface area contributed by atoms with Gasteiger partial charge in [0.15, 0.2) is 0 Å². The summed E-state index contributed by atoms with van der Waals surface area (Å²) in [7, 11) is 1.65. The van der Waals surface area contributed by atoms with Gasteiger partial charge in [-0.15, -0.1) is 0 Å². The number of nitrogens with zero attached hydrogens (tertiary/aromatic N) is 2. The predicted octanol–water partition coefficient (Wildman–Crippen LogP) is 2.30. The molecule has 2 aromatic rings. The van der Waals surface area contributed by atoms with Crippen LogP contribution < -0.4 is 15.4 Å². The third kappa shape index (κ3) is 2.76. The summed E-state index contributed by atoms with van der Waals surface area (Å²) >= 11 is 3.48. The molecule has 0 bridgehead atoms. The molecule has 1 aliphatic heterocycles. The highest BCUT2D eigenvalue weighted by atomic mass is 79.9. The molecule has 5 nitrogen and oxygen atoms in total. The highest BCUT2D eigenvalue weighted by molar-refractivity contribution is 9.10. The van der Waals surface area contributed by atoms with Crippen molar-refractivity contribution in [2.75, 3.05) is 25.5 Å². The Bertz CT molecular complexity index is 599. The van der Waals surface area contributed by atoms with E-state index in [2.05, 4.69) is 36.5 Å². The fourth-order valence-electron chi connectivity index (χ4n) is 1.97. The van der Waals surface area contributed by atoms with Gasteiger partial charge in [-0.1, -0.05) is 6.07 Å². The Labute approximate surface area is 125 Å². The van der Waals surface area contributed by atoms with Crippen LogP contribution in [-0.4, -0.2) is 36.2 Å². The van der Waals surface area contributed by atoms with Crippen LogP contribution in [0.25, 0.3) is 11.1 Å². The Morgan fingerprint density at radius 1 is 1.25 bits per heavy atom. The molecule has 0 radical (unpaired) electrons. The molecular formula is C14H15BrN4O. The molecule has 1 aromatic heterocycles. The number of rotatable bonds is 4. The summed E-state index contributed by atoms with van der Waals surface area (Å²) in [5.74, 6) is 1.48. The molecule has 1 saturated heterocycles. The molecule has 104 valence electrons. The molecule has 0 spiro atoms. The van der Waals surface area contributed by atoms with Gasteiger partial charge >= 0.3 is 0 Å². The molecule has 20 heavy (non-hydrogen) atoms. The van der Waals surface area contributed by atoms with E-state index in [0.717, 1.165) is 34.4 Å². The van der Waals surface area contributed by atoms with Crippen LogP contribution in [0.3, 0.4) is 0 Å². The van der Waals surface area contributed by atoms with E-state index in [9.17, 15) is 0 Å². The molecule has 3 rings (SSSR count). The standard InChI is InChI=1S/C14H15BrN4O/c1-20-13-3-2-9(4-12(13)15)10-5-17-14(18-6-10)19-11-7-16-8-11/h2-6,11,16H,7-8H2,1H3,(H,17,18,19). The first-order valence-electron chi connectivity index (χ1n) is 6.39. The average Bonchev–Trinajstić information content (AvgIpc) is 2.43. The van der Waals surface area contributed by atoms with Gasteiger partial charge in [-0.2, -0.15) is 0 Å². The van der Waals surface area contributed by atoms with Crippen molar-refractivity contribution >= 4 is 21.9 Å². The Morgan fingerprint density at radius 2 is 2.00 bits per heavy atom. The third-order valence-corrected chi connectivity index (χ3v) is 3.87. The maximum atomic E-state index is 5.22. The van der Waals surface area contributed by atoms with Crippen LogP contribution in [0.5, 0.6) is 5.75 Å². The third-order valence-electron chi connectivity index (χ3n) is 3.25. The average molecular weight is 335 g/mol. The van der Waals surface area contributed by atoms with E-state index in [4.69, 9.17) is 4.74 Å². The van der Waals surface area contributed by atoms with Gasteiger partial charge in [-0.3, -0.25) is 0 Å². The lowest BCUT2D eigenvalue weighted by Crippen LogP contribution is -2.51. The van der Waals surface area contributed by atoms with E-state index >= 15 is 0 Å². The highest BCUT2D eigenvalue weighted by Gasteiger charge is 2.16. The van der Waals surface area contributed by atoms with E-state index in [1.165, 1.54) is 0 Å². The zero-order valence-corrected chi connectivity index (χ0v) is 12.6. The molecule has 0 unspecified atom stereocenters. The van der Waals surface area contributed by atoms with Crippen LogP contribution in [0.1, 0.15) is 0 Å². The van der Waals surface area contributed by atoms with Crippen LogP contribution in [0.4, 0.5) is 5.95 Å². The molecule has 1 aromatic carbocycles. The molecule has 2 N–H and O–H groups in total. The van der Waals surface area contributed by atoms with Gasteiger partial charge < -0.3 is 15.4 Å². The molecule has 1 aliphatic rings. The Balaban J connectivity index is 1.77. The summed E-state index contributed by atoms with van der Waals surface area (Å²) in [5.41, 5.74) is 2.03. The van der Waals surface area contributed by atoms with Gasteiger partial charge in [0.2, 0.25) is 5.95 Å². The number of nitrogens with one attached hydrogen (secondary N) is 2. The number of hydrogen-bond donors (Lipinski definition) is 2. The summed E-state index contributed by atoms with van der Waals surface area (Å²) in [4.78, 5) is 8.71. The van der Waals surface area contributed by atoms with Crippen LogP contribution in [-0.2, 0) is 0 Å². The maximum absolute atomic E-state index is 5.22. The molecule has 1 fully saturated rings. The van der Waals surface area contributed by atoms with Crippen molar-refractivity contribution < 1.29 is 4.74 Å². The topological polar surface area (TPSA) is 59.1 Å². The smallest absolute Gasteiger partial charge is 0.222 e. The van der Waals surface area contributed by atoms with E-state index in [1.807, 2.05) is 30.6 Å². The molecule has 6 heteroatoms. The fraction of sp³-hybridized carbons (Fsp3) is 0.286. The first-order chi connectivity index (χ1) is 9.76. The number of anilines is 1. The van der Waals surface area contributed by atoms with Gasteiger partial charge in [0.1, 0.15) is 5.75 Å². The monoisotopic (exact) mass is 334 g/mol. The summed E-state index contributed by atoms with van der Waals surface area (Å²) in [6, 6.07) is 6.35. The Morgan fingerprint density at radius 3 is 2.55 bits per heavy atom. The summed E-state index contributed by atoms with van der Waals surface area (Å²) < 4.78 is 6.14. The van der Waals surface area contributed by atoms with Crippen molar-refractivity contribution in [2.24, 2.45) is 0 Å². The molecule has 0 atom stereocenters. The van der Waals surface area contributed by atoms with E-state index < -0.39 is 0 Å². The summed E-state index contributed by atoms with van der Waals surface area (Å²) in [5, 5.41) is 6.47. The predicted molar refractivity (Wildman–Crippen MR) is 82.0 cm³/mol. The lowest BCUT2D eigenvalue weighted by Gasteiger charge is -2.27. The van der Waals surface area contributed by atoms with E-state index in [1.54, 1.807) is 7.11 Å². The van der Waals surface area contributed by atoms with E-state index in [-0.39, 0.29) is 0 Å². The van der Waals surface area contributed by atoms with Gasteiger partial charge in [0, 0.05) is 31.0 Å². The Kier molecular flexibility index (Phi) is 3.84. The molecule has 0 aliphatic carbocycles. The van der Waals surface area contributed by atoms with Crippen LogP contribution >= 0.6 is 15.9 Å². The van der Waals surface area contributed by atoms with Gasteiger partial charge in [0.05, 0.1) is 17.6 Å².